The summed E-state index contributed by atoms with van der Waals surface area (Å²) in [5, 5.41) is 0. The Bertz CT molecular complexity index is 691. The highest BCUT2D eigenvalue weighted by Gasteiger charge is 2.64. The Morgan fingerprint density at radius 3 is 2.41 bits per heavy atom. The van der Waals surface area contributed by atoms with E-state index in [0.717, 1.165) is 61.2 Å². The number of halogens is 1. The average molecular weight is 465 g/mol. The first kappa shape index (κ1) is 24.9. The molecule has 4 rings (SSSR count). The van der Waals surface area contributed by atoms with E-state index in [0.29, 0.717) is 5.41 Å². The van der Waals surface area contributed by atoms with Crippen molar-refractivity contribution in [1.29, 1.82) is 0 Å². The Morgan fingerprint density at radius 2 is 1.72 bits per heavy atom. The number of esters is 1. The van der Waals surface area contributed by atoms with E-state index in [1.807, 2.05) is 0 Å². The van der Waals surface area contributed by atoms with Crippen LogP contribution in [-0.2, 0) is 9.53 Å². The first-order chi connectivity index (χ1) is 15.0. The van der Waals surface area contributed by atoms with Gasteiger partial charge in [-0.2, -0.15) is 0 Å². The molecule has 0 aromatic carbocycles. The molecule has 0 N–H and O–H groups in total. The highest BCUT2D eigenvalue weighted by molar-refractivity contribution is 6.24. The predicted octanol–water partition coefficient (Wildman–Crippen LogP) is 8.40. The first-order valence-electron chi connectivity index (χ1n) is 13.9. The minimum Gasteiger partial charge on any atom is -0.462 e. The van der Waals surface area contributed by atoms with Crippen molar-refractivity contribution in [2.45, 2.75) is 130 Å². The molecule has 0 saturated heterocycles. The Hall–Kier alpha value is -0.240. The molecule has 184 valence electrons. The summed E-state index contributed by atoms with van der Waals surface area (Å²) < 4.78 is 5.64. The third-order valence-corrected chi connectivity index (χ3v) is 12.0. The summed E-state index contributed by atoms with van der Waals surface area (Å²) >= 11 is 7.46. The zero-order valence-electron chi connectivity index (χ0n) is 21.7. The van der Waals surface area contributed by atoms with Crippen LogP contribution in [0.1, 0.15) is 119 Å². The van der Waals surface area contributed by atoms with Gasteiger partial charge in [0.05, 0.1) is 4.87 Å². The molecule has 0 aromatic rings. The normalized spacial score (nSPS) is 46.8. The van der Waals surface area contributed by atoms with Crippen molar-refractivity contribution >= 4 is 17.6 Å². The van der Waals surface area contributed by atoms with E-state index in [-0.39, 0.29) is 22.4 Å². The zero-order valence-corrected chi connectivity index (χ0v) is 22.5. The van der Waals surface area contributed by atoms with Gasteiger partial charge in [-0.05, 0) is 97.7 Å². The standard InChI is InChI=1S/C29H49ClO2/c1-19(2)8-7-9-20(3)24-10-11-25-23-13-17-29(30)18-22(32-21(4)31)12-16-28(29,6)26(23)14-15-27(24,25)5/h19-20,22-26H,7-18H2,1-6H3/t20-,22-,23-,24-,25-,26-,27+,28-,29-/m1/s1. The van der Waals surface area contributed by atoms with Crippen molar-refractivity contribution in [2.75, 3.05) is 0 Å². The van der Waals surface area contributed by atoms with Crippen LogP contribution < -0.4 is 0 Å². The summed E-state index contributed by atoms with van der Waals surface area (Å²) in [5.41, 5.74) is 0.729. The fourth-order valence-corrected chi connectivity index (χ4v) is 10.0. The molecule has 2 nitrogen and oxygen atoms in total. The fraction of sp³-hybridized carbons (Fsp3) is 0.966. The molecule has 0 radical (unpaired) electrons. The fourth-order valence-electron chi connectivity index (χ4n) is 9.52. The number of rotatable bonds is 6. The van der Waals surface area contributed by atoms with Crippen molar-refractivity contribution in [1.82, 2.24) is 0 Å². The number of alkyl halides is 1. The maximum Gasteiger partial charge on any atom is 0.302 e. The molecule has 4 fully saturated rings. The van der Waals surface area contributed by atoms with Gasteiger partial charge in [0, 0.05) is 13.3 Å². The molecule has 0 spiro atoms. The maximum absolute atomic E-state index is 11.6. The van der Waals surface area contributed by atoms with E-state index in [2.05, 4.69) is 34.6 Å². The lowest BCUT2D eigenvalue weighted by Gasteiger charge is -2.64. The van der Waals surface area contributed by atoms with Crippen LogP contribution in [0.25, 0.3) is 0 Å². The average Bonchev–Trinajstić information content (AvgIpc) is 3.05. The molecule has 4 aliphatic rings. The molecule has 0 heterocycles. The van der Waals surface area contributed by atoms with Crippen molar-refractivity contribution in [3.63, 3.8) is 0 Å². The number of carbonyl (C=O) groups is 1. The second-order valence-corrected chi connectivity index (χ2v) is 14.0. The predicted molar refractivity (Wildman–Crippen MR) is 134 cm³/mol. The van der Waals surface area contributed by atoms with Gasteiger partial charge in [0.1, 0.15) is 6.10 Å². The van der Waals surface area contributed by atoms with Gasteiger partial charge in [-0.25, -0.2) is 0 Å². The van der Waals surface area contributed by atoms with Crippen molar-refractivity contribution in [3.8, 4) is 0 Å². The van der Waals surface area contributed by atoms with Gasteiger partial charge in [0.25, 0.3) is 0 Å². The molecule has 0 unspecified atom stereocenters. The number of hydrogen-bond donors (Lipinski definition) is 0. The van der Waals surface area contributed by atoms with Crippen LogP contribution in [-0.4, -0.2) is 16.9 Å². The largest absolute Gasteiger partial charge is 0.462 e. The smallest absolute Gasteiger partial charge is 0.302 e. The quantitative estimate of drug-likeness (QED) is 0.291. The molecule has 4 aliphatic carbocycles. The van der Waals surface area contributed by atoms with Crippen LogP contribution in [0.5, 0.6) is 0 Å². The monoisotopic (exact) mass is 464 g/mol. The highest BCUT2D eigenvalue weighted by Crippen LogP contribution is 2.70. The van der Waals surface area contributed by atoms with E-state index < -0.39 is 0 Å². The zero-order chi connectivity index (χ0) is 23.3. The van der Waals surface area contributed by atoms with Gasteiger partial charge in [-0.3, -0.25) is 4.79 Å². The van der Waals surface area contributed by atoms with E-state index in [1.54, 1.807) is 0 Å². The summed E-state index contributed by atoms with van der Waals surface area (Å²) in [5.74, 6) is 4.95. The lowest BCUT2D eigenvalue weighted by atomic mass is 9.44. The molecule has 3 heteroatoms. The van der Waals surface area contributed by atoms with Gasteiger partial charge in [-0.1, -0.05) is 53.9 Å². The molecule has 4 saturated carbocycles. The molecular formula is C29H49ClO2. The van der Waals surface area contributed by atoms with Gasteiger partial charge < -0.3 is 4.74 Å². The van der Waals surface area contributed by atoms with E-state index in [4.69, 9.17) is 16.3 Å². The van der Waals surface area contributed by atoms with Crippen LogP contribution in [0.15, 0.2) is 0 Å². The summed E-state index contributed by atoms with van der Waals surface area (Å²) in [6, 6.07) is 0. The molecule has 0 bridgehead atoms. The minimum absolute atomic E-state index is 0.0195. The number of carbonyl (C=O) groups excluding carboxylic acids is 1. The van der Waals surface area contributed by atoms with Crippen LogP contribution in [0.4, 0.5) is 0 Å². The highest BCUT2D eigenvalue weighted by atomic mass is 35.5. The summed E-state index contributed by atoms with van der Waals surface area (Å²) in [6.07, 6.45) is 15.2. The lowest BCUT2D eigenvalue weighted by Crippen LogP contribution is -2.60. The number of fused-ring (bicyclic) bond motifs is 5. The van der Waals surface area contributed by atoms with Crippen LogP contribution in [0.3, 0.4) is 0 Å². The summed E-state index contributed by atoms with van der Waals surface area (Å²) in [4.78, 5) is 11.4. The van der Waals surface area contributed by atoms with Crippen molar-refractivity contribution < 1.29 is 9.53 Å². The molecular weight excluding hydrogens is 416 g/mol. The molecule has 0 amide bonds. The molecule has 9 atom stereocenters. The molecule has 0 aliphatic heterocycles. The van der Waals surface area contributed by atoms with Crippen LogP contribution >= 0.6 is 11.6 Å². The minimum atomic E-state index is -0.192. The molecule has 32 heavy (non-hydrogen) atoms. The molecule has 0 aromatic heterocycles. The second-order valence-electron chi connectivity index (χ2n) is 13.3. The Kier molecular flexibility index (Phi) is 7.06. The SMILES string of the molecule is CC(=O)O[C@@H]1CC[C@]2(C)[C@@H]3CC[C@]4(C)[C@H](CC[C@@H]4[C@H](C)CCCC(C)C)[C@H]3CC[C@@]2(Cl)C1. The van der Waals surface area contributed by atoms with Gasteiger partial charge in [0.2, 0.25) is 0 Å². The Balaban J connectivity index is 1.47. The van der Waals surface area contributed by atoms with Crippen molar-refractivity contribution in [3.05, 3.63) is 0 Å². The third-order valence-electron chi connectivity index (χ3n) is 11.2. The van der Waals surface area contributed by atoms with E-state index >= 15 is 0 Å². The second kappa shape index (κ2) is 9.09. The number of hydrogen-bond acceptors (Lipinski definition) is 2. The number of ether oxygens (including phenoxy) is 1. The van der Waals surface area contributed by atoms with Crippen LogP contribution in [0.2, 0.25) is 0 Å². The van der Waals surface area contributed by atoms with E-state index in [9.17, 15) is 4.79 Å². The van der Waals surface area contributed by atoms with Gasteiger partial charge >= 0.3 is 5.97 Å². The summed E-state index contributed by atoms with van der Waals surface area (Å²) in [6.45, 7) is 14.0. The van der Waals surface area contributed by atoms with Crippen molar-refractivity contribution in [2.24, 2.45) is 46.3 Å². The van der Waals surface area contributed by atoms with E-state index in [1.165, 1.54) is 58.3 Å². The first-order valence-corrected chi connectivity index (χ1v) is 14.2. The van der Waals surface area contributed by atoms with Crippen LogP contribution in [0, 0.1) is 46.3 Å². The maximum atomic E-state index is 11.6. The Labute approximate surface area is 203 Å². The topological polar surface area (TPSA) is 26.3 Å². The van der Waals surface area contributed by atoms with Gasteiger partial charge in [-0.15, -0.1) is 11.6 Å². The third kappa shape index (κ3) is 4.18. The van der Waals surface area contributed by atoms with Gasteiger partial charge in [0.15, 0.2) is 0 Å². The summed E-state index contributed by atoms with van der Waals surface area (Å²) in [7, 11) is 0. The lowest BCUT2D eigenvalue weighted by molar-refractivity contribution is -0.157. The Morgan fingerprint density at radius 1 is 0.969 bits per heavy atom.